The molecule has 0 saturated heterocycles. The van der Waals surface area contributed by atoms with Crippen LogP contribution in [0, 0.1) is 12.7 Å². The summed E-state index contributed by atoms with van der Waals surface area (Å²) >= 11 is 9.48. The molecule has 2 aromatic carbocycles. The number of hydroxylamine groups is 1. The third kappa shape index (κ3) is 4.06. The summed E-state index contributed by atoms with van der Waals surface area (Å²) in [6.07, 6.45) is 0. The first-order valence-corrected chi connectivity index (χ1v) is 8.93. The third-order valence-electron chi connectivity index (χ3n) is 3.68. The summed E-state index contributed by atoms with van der Waals surface area (Å²) in [5, 5.41) is 16.0. The predicted octanol–water partition coefficient (Wildman–Crippen LogP) is 4.09. The molecule has 0 unspecified atom stereocenters. The van der Waals surface area contributed by atoms with Crippen LogP contribution in [-0.2, 0) is 4.84 Å². The van der Waals surface area contributed by atoms with Crippen LogP contribution in [0.2, 0.25) is 5.02 Å². The van der Waals surface area contributed by atoms with Crippen molar-refractivity contribution in [2.75, 3.05) is 18.5 Å². The smallest absolute Gasteiger partial charge is 0.277 e. The lowest BCUT2D eigenvalue weighted by molar-refractivity contribution is 0.0169. The van der Waals surface area contributed by atoms with Crippen molar-refractivity contribution in [2.45, 2.75) is 6.92 Å². The molecule has 1 amide bonds. The summed E-state index contributed by atoms with van der Waals surface area (Å²) in [5.74, 6) is -1.50. The van der Waals surface area contributed by atoms with E-state index in [1.54, 1.807) is 25.1 Å². The highest BCUT2D eigenvalue weighted by Gasteiger charge is 2.23. The van der Waals surface area contributed by atoms with Crippen LogP contribution in [0.1, 0.15) is 16.1 Å². The number of fused-ring (bicyclic) bond motifs is 1. The van der Waals surface area contributed by atoms with Gasteiger partial charge >= 0.3 is 0 Å². The molecule has 1 heterocycles. The average molecular weight is 459 g/mol. The molecule has 10 heteroatoms. The van der Waals surface area contributed by atoms with E-state index < -0.39 is 11.7 Å². The molecular weight excluding hydrogens is 445 g/mol. The predicted molar refractivity (Wildman–Crippen MR) is 102 cm³/mol. The Bertz CT molecular complexity index is 1010. The standard InChI is InChI=1S/C17H14BrClFN3O4/c1-8-10-7-11(17(25)23-26-5-4-24)15(14(20)16(10)27-22-8)21-13-3-2-9(18)6-12(13)19/h2-3,6-7,21,24H,4-5H2,1H3,(H,23,25). The minimum absolute atomic E-state index is 0.0387. The molecule has 27 heavy (non-hydrogen) atoms. The fourth-order valence-electron chi connectivity index (χ4n) is 2.40. The fraction of sp³-hybridized carbons (Fsp3) is 0.176. The minimum Gasteiger partial charge on any atom is -0.394 e. The van der Waals surface area contributed by atoms with Crippen LogP contribution in [0.3, 0.4) is 0 Å². The van der Waals surface area contributed by atoms with Gasteiger partial charge in [-0.15, -0.1) is 0 Å². The maximum atomic E-state index is 15.1. The Morgan fingerprint density at radius 2 is 2.22 bits per heavy atom. The van der Waals surface area contributed by atoms with E-state index in [4.69, 9.17) is 26.1 Å². The van der Waals surface area contributed by atoms with E-state index in [-0.39, 0.29) is 30.0 Å². The number of hydrogen-bond acceptors (Lipinski definition) is 6. The Labute approximate surface area is 166 Å². The van der Waals surface area contributed by atoms with Crippen molar-refractivity contribution in [1.82, 2.24) is 10.6 Å². The van der Waals surface area contributed by atoms with E-state index in [1.807, 2.05) is 0 Å². The van der Waals surface area contributed by atoms with Crippen LogP contribution in [0.4, 0.5) is 15.8 Å². The Kier molecular flexibility index (Phi) is 5.95. The Morgan fingerprint density at radius 1 is 1.44 bits per heavy atom. The van der Waals surface area contributed by atoms with Crippen LogP contribution in [-0.4, -0.2) is 29.4 Å². The third-order valence-corrected chi connectivity index (χ3v) is 4.48. The maximum absolute atomic E-state index is 15.1. The van der Waals surface area contributed by atoms with Gasteiger partial charge in [-0.3, -0.25) is 9.63 Å². The van der Waals surface area contributed by atoms with E-state index in [9.17, 15) is 4.79 Å². The highest BCUT2D eigenvalue weighted by atomic mass is 79.9. The van der Waals surface area contributed by atoms with E-state index in [1.165, 1.54) is 6.07 Å². The number of nitrogens with one attached hydrogen (secondary N) is 2. The van der Waals surface area contributed by atoms with Crippen molar-refractivity contribution in [2.24, 2.45) is 0 Å². The SMILES string of the molecule is Cc1noc2c(F)c(Nc3ccc(Br)cc3Cl)c(C(=O)NOCCO)cc12. The number of aliphatic hydroxyl groups is 1. The lowest BCUT2D eigenvalue weighted by Gasteiger charge is -2.14. The number of carbonyl (C=O) groups excluding carboxylic acids is 1. The summed E-state index contributed by atoms with van der Waals surface area (Å²) in [4.78, 5) is 17.3. The molecule has 0 atom stereocenters. The quantitative estimate of drug-likeness (QED) is 0.380. The first-order chi connectivity index (χ1) is 12.9. The number of hydrogen-bond donors (Lipinski definition) is 3. The second-order valence-corrected chi connectivity index (χ2v) is 6.83. The van der Waals surface area contributed by atoms with Crippen molar-refractivity contribution >= 4 is 55.8 Å². The van der Waals surface area contributed by atoms with Crippen molar-refractivity contribution in [3.63, 3.8) is 0 Å². The number of aryl methyl sites for hydroxylation is 1. The molecule has 0 saturated carbocycles. The van der Waals surface area contributed by atoms with Gasteiger partial charge in [0.05, 0.1) is 40.9 Å². The molecule has 1 aromatic heterocycles. The number of amides is 1. The van der Waals surface area contributed by atoms with Crippen LogP contribution in [0.5, 0.6) is 0 Å². The number of carbonyl (C=O) groups is 1. The lowest BCUT2D eigenvalue weighted by Crippen LogP contribution is -2.26. The monoisotopic (exact) mass is 457 g/mol. The molecule has 0 aliphatic heterocycles. The number of aromatic nitrogens is 1. The molecule has 0 bridgehead atoms. The average Bonchev–Trinajstić information content (AvgIpc) is 3.00. The van der Waals surface area contributed by atoms with Gasteiger partial charge in [0.1, 0.15) is 0 Å². The number of halogens is 3. The molecule has 3 rings (SSSR count). The fourth-order valence-corrected chi connectivity index (χ4v) is 3.12. The Hall–Kier alpha value is -2.20. The van der Waals surface area contributed by atoms with Gasteiger partial charge in [0.15, 0.2) is 5.82 Å². The normalized spacial score (nSPS) is 11.0. The molecule has 0 spiro atoms. The zero-order valence-electron chi connectivity index (χ0n) is 14.0. The largest absolute Gasteiger partial charge is 0.394 e. The number of nitrogens with zero attached hydrogens (tertiary/aromatic N) is 1. The van der Waals surface area contributed by atoms with Crippen LogP contribution in [0.25, 0.3) is 11.0 Å². The zero-order valence-corrected chi connectivity index (χ0v) is 16.3. The summed E-state index contributed by atoms with van der Waals surface area (Å²) in [5.41, 5.74) is 2.71. The van der Waals surface area contributed by atoms with Crippen LogP contribution in [0.15, 0.2) is 33.3 Å². The first-order valence-electron chi connectivity index (χ1n) is 7.76. The number of anilines is 2. The number of aliphatic hydroxyl groups excluding tert-OH is 1. The van der Waals surface area contributed by atoms with Crippen LogP contribution >= 0.6 is 27.5 Å². The van der Waals surface area contributed by atoms with Gasteiger partial charge in [0, 0.05) is 9.86 Å². The first kappa shape index (κ1) is 19.6. The molecule has 0 aliphatic rings. The van der Waals surface area contributed by atoms with E-state index in [0.717, 1.165) is 4.47 Å². The summed E-state index contributed by atoms with van der Waals surface area (Å²) < 4.78 is 20.9. The van der Waals surface area contributed by atoms with E-state index >= 15 is 4.39 Å². The minimum atomic E-state index is -0.792. The van der Waals surface area contributed by atoms with Gasteiger partial charge in [0.25, 0.3) is 5.91 Å². The molecule has 0 radical (unpaired) electrons. The Balaban J connectivity index is 2.09. The summed E-state index contributed by atoms with van der Waals surface area (Å²) in [6.45, 7) is 1.25. The van der Waals surface area contributed by atoms with Crippen molar-refractivity contribution in [1.29, 1.82) is 0 Å². The topological polar surface area (TPSA) is 96.6 Å². The van der Waals surface area contributed by atoms with E-state index in [2.05, 4.69) is 31.9 Å². The van der Waals surface area contributed by atoms with Crippen molar-refractivity contribution in [3.05, 3.63) is 50.8 Å². The number of rotatable bonds is 6. The van der Waals surface area contributed by atoms with Gasteiger partial charge in [-0.05, 0) is 31.2 Å². The molecule has 3 aromatic rings. The lowest BCUT2D eigenvalue weighted by atomic mass is 10.1. The molecule has 0 fully saturated rings. The van der Waals surface area contributed by atoms with Gasteiger partial charge < -0.3 is 14.9 Å². The molecular formula is C17H14BrClFN3O4. The zero-order chi connectivity index (χ0) is 19.6. The van der Waals surface area contributed by atoms with Gasteiger partial charge in [-0.1, -0.05) is 32.7 Å². The van der Waals surface area contributed by atoms with Crippen molar-refractivity contribution in [3.8, 4) is 0 Å². The van der Waals surface area contributed by atoms with Gasteiger partial charge in [-0.25, -0.2) is 9.87 Å². The highest BCUT2D eigenvalue weighted by molar-refractivity contribution is 9.10. The molecule has 7 nitrogen and oxygen atoms in total. The summed E-state index contributed by atoms with van der Waals surface area (Å²) in [7, 11) is 0. The molecule has 3 N–H and O–H groups in total. The second kappa shape index (κ2) is 8.22. The highest BCUT2D eigenvalue weighted by Crippen LogP contribution is 2.35. The van der Waals surface area contributed by atoms with Crippen LogP contribution < -0.4 is 10.8 Å². The second-order valence-electron chi connectivity index (χ2n) is 5.51. The maximum Gasteiger partial charge on any atom is 0.277 e. The number of benzene rings is 2. The van der Waals surface area contributed by atoms with Crippen molar-refractivity contribution < 1.29 is 23.7 Å². The van der Waals surface area contributed by atoms with Gasteiger partial charge in [-0.2, -0.15) is 0 Å². The molecule has 142 valence electrons. The Morgan fingerprint density at radius 3 is 2.93 bits per heavy atom. The van der Waals surface area contributed by atoms with Gasteiger partial charge in [0.2, 0.25) is 5.58 Å². The summed E-state index contributed by atoms with van der Waals surface area (Å²) in [6, 6.07) is 6.42. The van der Waals surface area contributed by atoms with E-state index in [0.29, 0.717) is 21.8 Å². The molecule has 0 aliphatic carbocycles.